The number of nitrogens with zero attached hydrogens (tertiary/aromatic N) is 2. The van der Waals surface area contributed by atoms with Gasteiger partial charge in [-0.3, -0.25) is 19.7 Å². The van der Waals surface area contributed by atoms with Gasteiger partial charge in [0.2, 0.25) is 0 Å². The maximum absolute atomic E-state index is 12.4. The van der Waals surface area contributed by atoms with Crippen molar-refractivity contribution in [3.05, 3.63) is 105 Å². The van der Waals surface area contributed by atoms with Gasteiger partial charge in [-0.1, -0.05) is 30.3 Å². The van der Waals surface area contributed by atoms with E-state index in [1.165, 1.54) is 0 Å². The van der Waals surface area contributed by atoms with E-state index in [1.807, 2.05) is 30.3 Å². The lowest BCUT2D eigenvalue weighted by Gasteiger charge is -2.08. The average Bonchev–Trinajstić information content (AvgIpc) is 2.69. The van der Waals surface area contributed by atoms with E-state index < -0.39 is 10.5 Å². The number of pyridine rings is 1. The van der Waals surface area contributed by atoms with E-state index in [1.54, 1.807) is 24.3 Å². The van der Waals surface area contributed by atoms with Crippen LogP contribution in [0.1, 0.15) is 15.9 Å². The molecule has 0 radical (unpaired) electrons. The Morgan fingerprint density at radius 3 is 2.37 bits per heavy atom. The molecule has 1 heterocycles. The molecule has 2 aromatic carbocycles. The predicted octanol–water partition coefficient (Wildman–Crippen LogP) is 3.22. The molecule has 27 heavy (non-hydrogen) atoms. The maximum atomic E-state index is 12.4. The largest absolute Gasteiger partial charge is 0.489 e. The molecule has 0 atom stereocenters. The number of ether oxygens (including phenoxy) is 1. The third-order valence-electron chi connectivity index (χ3n) is 3.92. The number of hydrogen-bond acceptors (Lipinski definition) is 5. The van der Waals surface area contributed by atoms with E-state index in [9.17, 15) is 19.7 Å². The first-order chi connectivity index (χ1) is 13.0. The highest BCUT2D eigenvalue weighted by molar-refractivity contribution is 5.96. The Hall–Kier alpha value is -3.74. The number of nitro groups is 1. The summed E-state index contributed by atoms with van der Waals surface area (Å²) in [6, 6.07) is 18.4. The number of ketones is 1. The fraction of sp³-hybridized carbons (Fsp3) is 0.100. The molecule has 0 N–H and O–H groups in total. The molecule has 7 heteroatoms. The first-order valence-corrected chi connectivity index (χ1v) is 8.18. The first-order valence-electron chi connectivity index (χ1n) is 8.18. The van der Waals surface area contributed by atoms with Crippen LogP contribution in [0.15, 0.2) is 77.7 Å². The van der Waals surface area contributed by atoms with Gasteiger partial charge in [-0.15, -0.1) is 0 Å². The monoisotopic (exact) mass is 364 g/mol. The van der Waals surface area contributed by atoms with E-state index in [0.29, 0.717) is 17.9 Å². The van der Waals surface area contributed by atoms with Crippen LogP contribution in [0.4, 0.5) is 5.69 Å². The molecule has 0 amide bonds. The van der Waals surface area contributed by atoms with Crippen LogP contribution in [-0.4, -0.2) is 15.3 Å². The molecule has 3 aromatic rings. The summed E-state index contributed by atoms with van der Waals surface area (Å²) in [5, 5.41) is 10.8. The van der Waals surface area contributed by atoms with E-state index in [0.717, 1.165) is 28.5 Å². The molecule has 0 saturated carbocycles. The normalized spacial score (nSPS) is 10.4. The quantitative estimate of drug-likeness (QED) is 0.365. The van der Waals surface area contributed by atoms with Gasteiger partial charge in [0.15, 0.2) is 5.78 Å². The molecule has 3 rings (SSSR count). The van der Waals surface area contributed by atoms with E-state index >= 15 is 0 Å². The number of Topliss-reactive ketones (excluding diaryl/α,β-unsaturated/α-hetero) is 1. The lowest BCUT2D eigenvalue weighted by Crippen LogP contribution is -2.23. The molecule has 0 aliphatic carbocycles. The molecule has 0 aliphatic heterocycles. The van der Waals surface area contributed by atoms with Gasteiger partial charge in [-0.05, 0) is 29.8 Å². The Morgan fingerprint density at radius 1 is 1.00 bits per heavy atom. The molecule has 0 bridgehead atoms. The highest BCUT2D eigenvalue weighted by Gasteiger charge is 2.12. The fourth-order valence-corrected chi connectivity index (χ4v) is 2.47. The zero-order valence-corrected chi connectivity index (χ0v) is 14.3. The zero-order valence-electron chi connectivity index (χ0n) is 14.3. The maximum Gasteiger partial charge on any atom is 0.285 e. The van der Waals surface area contributed by atoms with Crippen LogP contribution in [0.5, 0.6) is 5.75 Å². The van der Waals surface area contributed by atoms with Gasteiger partial charge >= 0.3 is 0 Å². The van der Waals surface area contributed by atoms with E-state index in [2.05, 4.69) is 0 Å². The van der Waals surface area contributed by atoms with Crippen LogP contribution in [-0.2, 0) is 13.2 Å². The van der Waals surface area contributed by atoms with Crippen molar-refractivity contribution in [3.63, 3.8) is 0 Å². The minimum absolute atomic E-state index is 0.243. The van der Waals surface area contributed by atoms with Crippen LogP contribution in [0.3, 0.4) is 0 Å². The van der Waals surface area contributed by atoms with E-state index in [-0.39, 0.29) is 18.0 Å². The highest BCUT2D eigenvalue weighted by atomic mass is 16.6. The summed E-state index contributed by atoms with van der Waals surface area (Å²) in [5.41, 5.74) is 0.701. The van der Waals surface area contributed by atoms with Crippen LogP contribution in [0.2, 0.25) is 0 Å². The molecule has 0 fully saturated rings. The van der Waals surface area contributed by atoms with Gasteiger partial charge in [0, 0.05) is 17.7 Å². The van der Waals surface area contributed by atoms with Gasteiger partial charge in [0.1, 0.15) is 12.4 Å². The van der Waals surface area contributed by atoms with Crippen molar-refractivity contribution < 1.29 is 14.5 Å². The molecule has 0 unspecified atom stereocenters. The van der Waals surface area contributed by atoms with Crippen molar-refractivity contribution in [1.82, 2.24) is 4.57 Å². The van der Waals surface area contributed by atoms with Gasteiger partial charge < -0.3 is 9.30 Å². The highest BCUT2D eigenvalue weighted by Crippen LogP contribution is 2.15. The smallest absolute Gasteiger partial charge is 0.285 e. The summed E-state index contributed by atoms with van der Waals surface area (Å²) < 4.78 is 6.69. The van der Waals surface area contributed by atoms with Crippen LogP contribution in [0.25, 0.3) is 0 Å². The third kappa shape index (κ3) is 4.66. The second-order valence-corrected chi connectivity index (χ2v) is 5.83. The third-order valence-corrected chi connectivity index (χ3v) is 3.92. The Morgan fingerprint density at radius 2 is 1.70 bits per heavy atom. The summed E-state index contributed by atoms with van der Waals surface area (Å²) >= 11 is 0. The van der Waals surface area contributed by atoms with Gasteiger partial charge in [-0.25, -0.2) is 0 Å². The second-order valence-electron chi connectivity index (χ2n) is 5.83. The molecular weight excluding hydrogens is 348 g/mol. The Balaban J connectivity index is 1.66. The Bertz CT molecular complexity index is 1010. The Kier molecular flexibility index (Phi) is 5.41. The number of carbonyl (C=O) groups is 1. The predicted molar refractivity (Wildman–Crippen MR) is 98.9 cm³/mol. The fourth-order valence-electron chi connectivity index (χ4n) is 2.47. The lowest BCUT2D eigenvalue weighted by molar-refractivity contribution is -0.385. The lowest BCUT2D eigenvalue weighted by atomic mass is 10.1. The molecule has 136 valence electrons. The SMILES string of the molecule is O=C(Cn1cc([N+](=O)[O-])ccc1=O)c1ccc(OCc2ccccc2)cc1. The topological polar surface area (TPSA) is 91.4 Å². The first kappa shape index (κ1) is 18.1. The minimum Gasteiger partial charge on any atom is -0.489 e. The molecular formula is C20H16N2O5. The molecule has 1 aromatic heterocycles. The molecule has 0 saturated heterocycles. The standard InChI is InChI=1S/C20H16N2O5/c23-19(13-21-12-17(22(25)26)8-11-20(21)24)16-6-9-18(10-7-16)27-14-15-4-2-1-3-5-15/h1-12H,13-14H2. The van der Waals surface area contributed by atoms with E-state index in [4.69, 9.17) is 4.74 Å². The molecule has 0 spiro atoms. The van der Waals surface area contributed by atoms with Crippen molar-refractivity contribution in [1.29, 1.82) is 0 Å². The number of rotatable bonds is 7. The average molecular weight is 364 g/mol. The van der Waals surface area contributed by atoms with Crippen LogP contribution >= 0.6 is 0 Å². The van der Waals surface area contributed by atoms with Crippen molar-refractivity contribution in [2.75, 3.05) is 0 Å². The number of hydrogen-bond donors (Lipinski definition) is 0. The second kappa shape index (κ2) is 8.09. The summed E-state index contributed by atoms with van der Waals surface area (Å²) in [5.74, 6) is 0.287. The van der Waals surface area contributed by atoms with Crippen LogP contribution < -0.4 is 10.3 Å². The number of carbonyl (C=O) groups excluding carboxylic acids is 1. The summed E-state index contributed by atoms with van der Waals surface area (Å²) in [7, 11) is 0. The Labute approximate surface area is 154 Å². The minimum atomic E-state index is -0.612. The van der Waals surface area contributed by atoms with Gasteiger partial charge in [-0.2, -0.15) is 0 Å². The van der Waals surface area contributed by atoms with Crippen LogP contribution in [0, 0.1) is 10.1 Å². The van der Waals surface area contributed by atoms with Crippen molar-refractivity contribution in [3.8, 4) is 5.75 Å². The molecule has 7 nitrogen and oxygen atoms in total. The van der Waals surface area contributed by atoms with Gasteiger partial charge in [0.25, 0.3) is 11.2 Å². The summed E-state index contributed by atoms with van der Waals surface area (Å²) in [4.78, 5) is 34.4. The number of aromatic nitrogens is 1. The number of benzene rings is 2. The van der Waals surface area contributed by atoms with Crippen molar-refractivity contribution in [2.45, 2.75) is 13.2 Å². The molecule has 0 aliphatic rings. The zero-order chi connectivity index (χ0) is 19.2. The van der Waals surface area contributed by atoms with Crippen molar-refractivity contribution in [2.24, 2.45) is 0 Å². The van der Waals surface area contributed by atoms with Gasteiger partial charge in [0.05, 0.1) is 17.7 Å². The summed E-state index contributed by atoms with van der Waals surface area (Å²) in [6.45, 7) is 0.141. The summed E-state index contributed by atoms with van der Waals surface area (Å²) in [6.07, 6.45) is 1.07. The van der Waals surface area contributed by atoms with Crippen molar-refractivity contribution >= 4 is 11.5 Å².